The molecular formula is C22H27NO2. The lowest BCUT2D eigenvalue weighted by molar-refractivity contribution is -0.147. The summed E-state index contributed by atoms with van der Waals surface area (Å²) in [5.74, 6) is 0.0349. The van der Waals surface area contributed by atoms with Gasteiger partial charge in [-0.3, -0.25) is 9.69 Å². The van der Waals surface area contributed by atoms with Crippen molar-refractivity contribution in [3.63, 3.8) is 0 Å². The van der Waals surface area contributed by atoms with Crippen LogP contribution >= 0.6 is 0 Å². The van der Waals surface area contributed by atoms with Gasteiger partial charge in [-0.15, -0.1) is 0 Å². The maximum absolute atomic E-state index is 11.8. The Hall–Kier alpha value is -2.13. The molecule has 0 bridgehead atoms. The number of carbonyl (C=O) groups excluding carboxylic acids is 1. The molecule has 1 fully saturated rings. The summed E-state index contributed by atoms with van der Waals surface area (Å²) in [5.41, 5.74) is 2.68. The molecule has 3 heteroatoms. The average Bonchev–Trinajstić information content (AvgIpc) is 2.68. The van der Waals surface area contributed by atoms with Gasteiger partial charge >= 0.3 is 5.97 Å². The van der Waals surface area contributed by atoms with Gasteiger partial charge in [0.05, 0.1) is 13.0 Å². The second kappa shape index (κ2) is 8.82. The van der Waals surface area contributed by atoms with Gasteiger partial charge in [0.1, 0.15) is 0 Å². The Balaban J connectivity index is 1.69. The second-order valence-corrected chi connectivity index (χ2v) is 6.90. The van der Waals surface area contributed by atoms with Crippen LogP contribution < -0.4 is 0 Å². The molecule has 132 valence electrons. The molecule has 0 aromatic heterocycles. The predicted molar refractivity (Wildman–Crippen MR) is 99.9 cm³/mol. The zero-order valence-electron chi connectivity index (χ0n) is 14.9. The van der Waals surface area contributed by atoms with Crippen molar-refractivity contribution in [3.8, 4) is 0 Å². The van der Waals surface area contributed by atoms with E-state index in [0.29, 0.717) is 6.04 Å². The van der Waals surface area contributed by atoms with E-state index in [1.807, 2.05) is 0 Å². The molecule has 0 spiro atoms. The van der Waals surface area contributed by atoms with E-state index in [9.17, 15) is 4.79 Å². The van der Waals surface area contributed by atoms with Gasteiger partial charge in [0.25, 0.3) is 0 Å². The maximum Gasteiger partial charge on any atom is 0.308 e. The van der Waals surface area contributed by atoms with Crippen molar-refractivity contribution in [3.05, 3.63) is 71.8 Å². The van der Waals surface area contributed by atoms with Crippen LogP contribution in [0.2, 0.25) is 0 Å². The summed E-state index contributed by atoms with van der Waals surface area (Å²) in [7, 11) is 1.49. The minimum absolute atomic E-state index is 0.0453. The summed E-state index contributed by atoms with van der Waals surface area (Å²) >= 11 is 0. The Morgan fingerprint density at radius 1 is 0.880 bits per heavy atom. The molecule has 0 radical (unpaired) electrons. The van der Waals surface area contributed by atoms with Crippen LogP contribution in [-0.4, -0.2) is 24.0 Å². The molecule has 25 heavy (non-hydrogen) atoms. The number of methoxy groups -OCH3 is 1. The van der Waals surface area contributed by atoms with E-state index in [0.717, 1.165) is 38.8 Å². The van der Waals surface area contributed by atoms with Crippen LogP contribution in [0.15, 0.2) is 60.7 Å². The normalized spacial score (nSPS) is 20.4. The zero-order valence-corrected chi connectivity index (χ0v) is 14.9. The van der Waals surface area contributed by atoms with E-state index < -0.39 is 0 Å². The molecule has 0 aliphatic heterocycles. The molecule has 0 heterocycles. The fraction of sp³-hybridized carbons (Fsp3) is 0.409. The summed E-state index contributed by atoms with van der Waals surface area (Å²) < 4.78 is 4.92. The number of esters is 1. The first-order chi connectivity index (χ1) is 12.3. The van der Waals surface area contributed by atoms with E-state index in [-0.39, 0.29) is 11.9 Å². The third-order valence-electron chi connectivity index (χ3n) is 5.20. The lowest BCUT2D eigenvalue weighted by atomic mass is 9.85. The summed E-state index contributed by atoms with van der Waals surface area (Å²) in [6.07, 6.45) is 3.97. The lowest BCUT2D eigenvalue weighted by Gasteiger charge is -2.36. The SMILES string of the molecule is COC(=O)[C@H]1CC[C@H](N(Cc2ccccc2)Cc2ccccc2)CC1. The van der Waals surface area contributed by atoms with Gasteiger partial charge in [-0.1, -0.05) is 60.7 Å². The van der Waals surface area contributed by atoms with Crippen LogP contribution in [0.25, 0.3) is 0 Å². The summed E-state index contributed by atoms with van der Waals surface area (Å²) in [4.78, 5) is 14.4. The highest BCUT2D eigenvalue weighted by Gasteiger charge is 2.30. The Labute approximate surface area is 150 Å². The number of rotatable bonds is 6. The molecule has 0 N–H and O–H groups in total. The van der Waals surface area contributed by atoms with Crippen LogP contribution in [-0.2, 0) is 22.6 Å². The maximum atomic E-state index is 11.8. The molecule has 3 nitrogen and oxygen atoms in total. The van der Waals surface area contributed by atoms with Gasteiger partial charge in [0.2, 0.25) is 0 Å². The minimum atomic E-state index is -0.0453. The van der Waals surface area contributed by atoms with Gasteiger partial charge in [0.15, 0.2) is 0 Å². The van der Waals surface area contributed by atoms with Crippen molar-refractivity contribution in [2.24, 2.45) is 5.92 Å². The molecule has 2 aromatic rings. The molecule has 2 aromatic carbocycles. The summed E-state index contributed by atoms with van der Waals surface area (Å²) in [6.45, 7) is 1.90. The molecule has 1 aliphatic rings. The third kappa shape index (κ3) is 4.93. The van der Waals surface area contributed by atoms with Crippen molar-refractivity contribution in [2.45, 2.75) is 44.8 Å². The highest BCUT2D eigenvalue weighted by Crippen LogP contribution is 2.30. The fourth-order valence-corrected chi connectivity index (χ4v) is 3.79. The highest BCUT2D eigenvalue weighted by atomic mass is 16.5. The van der Waals surface area contributed by atoms with Gasteiger partial charge in [-0.25, -0.2) is 0 Å². The van der Waals surface area contributed by atoms with Crippen molar-refractivity contribution >= 4 is 5.97 Å². The standard InChI is InChI=1S/C22H27NO2/c1-25-22(24)20-12-14-21(15-13-20)23(16-18-8-4-2-5-9-18)17-19-10-6-3-7-11-19/h2-11,20-21H,12-17H2,1H3/t20-,21-. The van der Waals surface area contributed by atoms with Crippen LogP contribution in [0.5, 0.6) is 0 Å². The average molecular weight is 337 g/mol. The van der Waals surface area contributed by atoms with Crippen LogP contribution in [0, 0.1) is 5.92 Å². The van der Waals surface area contributed by atoms with Crippen LogP contribution in [0.4, 0.5) is 0 Å². The monoisotopic (exact) mass is 337 g/mol. The first-order valence-corrected chi connectivity index (χ1v) is 9.16. The first kappa shape index (κ1) is 17.7. The van der Waals surface area contributed by atoms with Crippen molar-refractivity contribution < 1.29 is 9.53 Å². The van der Waals surface area contributed by atoms with Crippen LogP contribution in [0.1, 0.15) is 36.8 Å². The Bertz CT molecular complexity index is 607. The number of nitrogens with zero attached hydrogens (tertiary/aromatic N) is 1. The molecule has 0 unspecified atom stereocenters. The first-order valence-electron chi connectivity index (χ1n) is 9.16. The van der Waals surface area contributed by atoms with E-state index in [1.165, 1.54) is 18.2 Å². The molecular weight excluding hydrogens is 310 g/mol. The van der Waals surface area contributed by atoms with E-state index in [1.54, 1.807) is 0 Å². The minimum Gasteiger partial charge on any atom is -0.469 e. The molecule has 0 amide bonds. The number of hydrogen-bond acceptors (Lipinski definition) is 3. The third-order valence-corrected chi connectivity index (χ3v) is 5.20. The highest BCUT2D eigenvalue weighted by molar-refractivity contribution is 5.72. The molecule has 1 aliphatic carbocycles. The summed E-state index contributed by atoms with van der Waals surface area (Å²) in [6, 6.07) is 21.8. The van der Waals surface area contributed by atoms with Crippen LogP contribution in [0.3, 0.4) is 0 Å². The van der Waals surface area contributed by atoms with Gasteiger partial charge < -0.3 is 4.74 Å². The molecule has 0 saturated heterocycles. The lowest BCUT2D eigenvalue weighted by Crippen LogP contribution is -2.38. The Kier molecular flexibility index (Phi) is 6.24. The number of hydrogen-bond donors (Lipinski definition) is 0. The quantitative estimate of drug-likeness (QED) is 0.731. The van der Waals surface area contributed by atoms with Gasteiger partial charge in [0, 0.05) is 19.1 Å². The largest absolute Gasteiger partial charge is 0.469 e. The number of ether oxygens (including phenoxy) is 1. The van der Waals surface area contributed by atoms with Crippen molar-refractivity contribution in [2.75, 3.05) is 7.11 Å². The zero-order chi connectivity index (χ0) is 17.5. The van der Waals surface area contributed by atoms with Crippen molar-refractivity contribution in [1.82, 2.24) is 4.90 Å². The summed E-state index contributed by atoms with van der Waals surface area (Å²) in [5, 5.41) is 0. The smallest absolute Gasteiger partial charge is 0.308 e. The predicted octanol–water partition coefficient (Wildman–Crippen LogP) is 4.42. The van der Waals surface area contributed by atoms with E-state index >= 15 is 0 Å². The second-order valence-electron chi connectivity index (χ2n) is 6.90. The van der Waals surface area contributed by atoms with E-state index in [2.05, 4.69) is 65.6 Å². The fourth-order valence-electron chi connectivity index (χ4n) is 3.79. The van der Waals surface area contributed by atoms with E-state index in [4.69, 9.17) is 4.74 Å². The molecule has 1 saturated carbocycles. The molecule has 0 atom stereocenters. The number of carbonyl (C=O) groups is 1. The number of benzene rings is 2. The van der Waals surface area contributed by atoms with Gasteiger partial charge in [-0.2, -0.15) is 0 Å². The topological polar surface area (TPSA) is 29.5 Å². The Morgan fingerprint density at radius 2 is 1.36 bits per heavy atom. The van der Waals surface area contributed by atoms with Crippen molar-refractivity contribution in [1.29, 1.82) is 0 Å². The molecule has 3 rings (SSSR count). The van der Waals surface area contributed by atoms with Gasteiger partial charge in [-0.05, 0) is 36.8 Å². The Morgan fingerprint density at radius 3 is 1.80 bits per heavy atom.